The van der Waals surface area contributed by atoms with E-state index in [0.29, 0.717) is 13.0 Å². The second kappa shape index (κ2) is 4.79. The standard InChI is InChI=1S/C11H12ClNO4/c12-9-7(4-6-17-9)10(14)13-5-2-1-3-8(13)11(15)16/h4,6,8H,1-3,5H2,(H,15,16)/t8-/m1/s1. The third kappa shape index (κ3) is 2.29. The first-order valence-electron chi connectivity index (χ1n) is 5.38. The van der Waals surface area contributed by atoms with Crippen LogP contribution in [0.5, 0.6) is 0 Å². The number of carboxylic acid groups (broad SMARTS) is 1. The van der Waals surface area contributed by atoms with Crippen LogP contribution >= 0.6 is 11.6 Å². The quantitative estimate of drug-likeness (QED) is 0.880. The number of carbonyl (C=O) groups excluding carboxylic acids is 1. The molecule has 1 N–H and O–H groups in total. The summed E-state index contributed by atoms with van der Waals surface area (Å²) in [5.41, 5.74) is 0.222. The lowest BCUT2D eigenvalue weighted by Crippen LogP contribution is -2.47. The number of nitrogens with zero attached hydrogens (tertiary/aromatic N) is 1. The summed E-state index contributed by atoms with van der Waals surface area (Å²) in [5, 5.41) is 9.08. The van der Waals surface area contributed by atoms with Crippen molar-refractivity contribution in [3.63, 3.8) is 0 Å². The van der Waals surface area contributed by atoms with E-state index < -0.39 is 12.0 Å². The van der Waals surface area contributed by atoms with Gasteiger partial charge in [-0.15, -0.1) is 0 Å². The molecule has 0 saturated carbocycles. The SMILES string of the molecule is O=C(O)[C@H]1CCCCN1C(=O)c1ccoc1Cl. The van der Waals surface area contributed by atoms with Crippen molar-refractivity contribution in [2.24, 2.45) is 0 Å². The van der Waals surface area contributed by atoms with Crippen molar-refractivity contribution in [3.05, 3.63) is 23.1 Å². The van der Waals surface area contributed by atoms with E-state index >= 15 is 0 Å². The fraction of sp³-hybridized carbons (Fsp3) is 0.455. The molecule has 2 heterocycles. The molecule has 1 fully saturated rings. The average molecular weight is 258 g/mol. The molecule has 17 heavy (non-hydrogen) atoms. The summed E-state index contributed by atoms with van der Waals surface area (Å²) in [6.45, 7) is 0.442. The summed E-state index contributed by atoms with van der Waals surface area (Å²) in [6, 6.07) is 0.695. The number of aliphatic carboxylic acids is 1. The van der Waals surface area contributed by atoms with Crippen LogP contribution in [0.1, 0.15) is 29.6 Å². The largest absolute Gasteiger partial charge is 0.480 e. The van der Waals surface area contributed by atoms with Gasteiger partial charge in [0.1, 0.15) is 6.04 Å². The molecule has 1 saturated heterocycles. The number of hydrogen-bond acceptors (Lipinski definition) is 3. The van der Waals surface area contributed by atoms with E-state index in [4.69, 9.17) is 21.1 Å². The van der Waals surface area contributed by atoms with E-state index in [9.17, 15) is 9.59 Å². The van der Waals surface area contributed by atoms with Gasteiger partial charge in [0, 0.05) is 6.54 Å². The smallest absolute Gasteiger partial charge is 0.326 e. The topological polar surface area (TPSA) is 70.8 Å². The maximum absolute atomic E-state index is 12.1. The highest BCUT2D eigenvalue weighted by atomic mass is 35.5. The molecule has 5 nitrogen and oxygen atoms in total. The first kappa shape index (κ1) is 12.0. The van der Waals surface area contributed by atoms with Crippen LogP contribution in [0, 0.1) is 0 Å². The van der Waals surface area contributed by atoms with Crippen molar-refractivity contribution in [3.8, 4) is 0 Å². The predicted octanol–water partition coefficient (Wildman–Crippen LogP) is 2.01. The Morgan fingerprint density at radius 3 is 2.82 bits per heavy atom. The van der Waals surface area contributed by atoms with Crippen molar-refractivity contribution < 1.29 is 19.1 Å². The van der Waals surface area contributed by atoms with Crippen molar-refractivity contribution in [2.75, 3.05) is 6.54 Å². The first-order chi connectivity index (χ1) is 8.11. The summed E-state index contributed by atoms with van der Waals surface area (Å²) in [4.78, 5) is 24.5. The van der Waals surface area contributed by atoms with Crippen molar-refractivity contribution in [1.82, 2.24) is 4.90 Å². The molecule has 0 spiro atoms. The van der Waals surface area contributed by atoms with E-state index in [1.165, 1.54) is 17.2 Å². The molecule has 1 aliphatic heterocycles. The third-order valence-electron chi connectivity index (χ3n) is 2.90. The number of likely N-dealkylation sites (tertiary alicyclic amines) is 1. The zero-order chi connectivity index (χ0) is 12.4. The van der Waals surface area contributed by atoms with Crippen LogP contribution in [0.25, 0.3) is 0 Å². The Kier molecular flexibility index (Phi) is 3.38. The molecule has 0 aromatic carbocycles. The molecule has 1 aromatic heterocycles. The monoisotopic (exact) mass is 257 g/mol. The Bertz CT molecular complexity index is 442. The van der Waals surface area contributed by atoms with Gasteiger partial charge in [-0.1, -0.05) is 0 Å². The molecule has 1 amide bonds. The van der Waals surface area contributed by atoms with Gasteiger partial charge in [0.25, 0.3) is 5.91 Å². The molecular weight excluding hydrogens is 246 g/mol. The molecular formula is C11H12ClNO4. The first-order valence-corrected chi connectivity index (χ1v) is 5.76. The van der Waals surface area contributed by atoms with E-state index in [2.05, 4.69) is 0 Å². The summed E-state index contributed by atoms with van der Waals surface area (Å²) in [5.74, 6) is -1.35. The lowest BCUT2D eigenvalue weighted by Gasteiger charge is -2.32. The zero-order valence-corrected chi connectivity index (χ0v) is 9.81. The molecule has 92 valence electrons. The normalized spacial score (nSPS) is 20.3. The van der Waals surface area contributed by atoms with E-state index in [1.807, 2.05) is 0 Å². The highest BCUT2D eigenvalue weighted by molar-refractivity contribution is 6.32. The van der Waals surface area contributed by atoms with Crippen molar-refractivity contribution >= 4 is 23.5 Å². The van der Waals surface area contributed by atoms with Crippen LogP contribution < -0.4 is 0 Å². The Hall–Kier alpha value is -1.49. The molecule has 0 aliphatic carbocycles. The maximum atomic E-state index is 12.1. The predicted molar refractivity (Wildman–Crippen MR) is 60.0 cm³/mol. The number of furan rings is 1. The molecule has 2 rings (SSSR count). The Morgan fingerprint density at radius 1 is 1.47 bits per heavy atom. The minimum atomic E-state index is -0.974. The van der Waals surface area contributed by atoms with Crippen LogP contribution in [0.3, 0.4) is 0 Å². The molecule has 0 radical (unpaired) electrons. The maximum Gasteiger partial charge on any atom is 0.326 e. The Balaban J connectivity index is 2.23. The van der Waals surface area contributed by atoms with Crippen molar-refractivity contribution in [2.45, 2.75) is 25.3 Å². The average Bonchev–Trinajstić information content (AvgIpc) is 2.74. The highest BCUT2D eigenvalue weighted by Gasteiger charge is 2.33. The van der Waals surface area contributed by atoms with Gasteiger partial charge in [0.2, 0.25) is 5.22 Å². The van der Waals surface area contributed by atoms with E-state index in [1.54, 1.807) is 0 Å². The molecule has 1 atom stereocenters. The number of hydrogen-bond donors (Lipinski definition) is 1. The van der Waals surface area contributed by atoms with Crippen LogP contribution in [-0.4, -0.2) is 34.5 Å². The Morgan fingerprint density at radius 2 is 2.24 bits per heavy atom. The minimum Gasteiger partial charge on any atom is -0.480 e. The molecule has 0 unspecified atom stereocenters. The van der Waals surface area contributed by atoms with E-state index in [-0.39, 0.29) is 16.7 Å². The molecule has 6 heteroatoms. The number of carboxylic acids is 1. The second-order valence-corrected chi connectivity index (χ2v) is 4.30. The van der Waals surface area contributed by atoms with Crippen LogP contribution in [0.15, 0.2) is 16.7 Å². The molecule has 0 bridgehead atoms. The van der Waals surface area contributed by atoms with Gasteiger partial charge in [-0.25, -0.2) is 4.79 Å². The van der Waals surface area contributed by atoms with Gasteiger partial charge in [-0.05, 0) is 36.9 Å². The highest BCUT2D eigenvalue weighted by Crippen LogP contribution is 2.24. The Labute approximate surface area is 103 Å². The summed E-state index contributed by atoms with van der Waals surface area (Å²) >= 11 is 5.72. The zero-order valence-electron chi connectivity index (χ0n) is 9.06. The summed E-state index contributed by atoms with van der Waals surface area (Å²) in [7, 11) is 0. The van der Waals surface area contributed by atoms with Crippen molar-refractivity contribution in [1.29, 1.82) is 0 Å². The number of piperidine rings is 1. The van der Waals surface area contributed by atoms with Crippen LogP contribution in [0.4, 0.5) is 0 Å². The minimum absolute atomic E-state index is 0.00436. The van der Waals surface area contributed by atoms with Gasteiger partial charge in [-0.2, -0.15) is 0 Å². The summed E-state index contributed by atoms with van der Waals surface area (Å²) < 4.78 is 4.84. The third-order valence-corrected chi connectivity index (χ3v) is 3.19. The lowest BCUT2D eigenvalue weighted by molar-refractivity contribution is -0.143. The van der Waals surface area contributed by atoms with Gasteiger partial charge < -0.3 is 14.4 Å². The number of amides is 1. The van der Waals surface area contributed by atoms with Gasteiger partial charge in [0.15, 0.2) is 0 Å². The van der Waals surface area contributed by atoms with Gasteiger partial charge in [-0.3, -0.25) is 4.79 Å². The van der Waals surface area contributed by atoms with Gasteiger partial charge >= 0.3 is 5.97 Å². The second-order valence-electron chi connectivity index (χ2n) is 3.96. The fourth-order valence-corrected chi connectivity index (χ4v) is 2.23. The van der Waals surface area contributed by atoms with E-state index in [0.717, 1.165) is 12.8 Å². The van der Waals surface area contributed by atoms with Gasteiger partial charge in [0.05, 0.1) is 11.8 Å². The van der Waals surface area contributed by atoms with Crippen LogP contribution in [-0.2, 0) is 4.79 Å². The number of halogens is 1. The van der Waals surface area contributed by atoms with Crippen LogP contribution in [0.2, 0.25) is 5.22 Å². The fourth-order valence-electron chi connectivity index (χ4n) is 2.03. The molecule has 1 aliphatic rings. The summed E-state index contributed by atoms with van der Waals surface area (Å²) in [6.07, 6.45) is 3.43. The molecule has 1 aromatic rings. The number of carbonyl (C=O) groups is 2. The lowest BCUT2D eigenvalue weighted by atomic mass is 10.0. The number of rotatable bonds is 2.